The maximum Gasteiger partial charge on any atom is 0.337 e. The van der Waals surface area contributed by atoms with Gasteiger partial charge in [0, 0.05) is 39.1 Å². The Balaban J connectivity index is 1.94. The Hall–Kier alpha value is -2.29. The van der Waals surface area contributed by atoms with Gasteiger partial charge in [0.15, 0.2) is 5.82 Å². The summed E-state index contributed by atoms with van der Waals surface area (Å²) in [4.78, 5) is 18.7. The van der Waals surface area contributed by atoms with Crippen molar-refractivity contribution in [3.8, 4) is 5.69 Å². The zero-order valence-corrected chi connectivity index (χ0v) is 15.8. The topological polar surface area (TPSA) is 89.7 Å². The molecule has 1 atom stereocenters. The summed E-state index contributed by atoms with van der Waals surface area (Å²) in [6.07, 6.45) is 0.579. The van der Waals surface area contributed by atoms with E-state index in [1.54, 1.807) is 30.0 Å². The van der Waals surface area contributed by atoms with Crippen LogP contribution in [0.4, 0.5) is 0 Å². The maximum atomic E-state index is 11.7. The van der Waals surface area contributed by atoms with Crippen LogP contribution >= 0.6 is 0 Å². The number of carboxylic acids is 1. The van der Waals surface area contributed by atoms with Crippen LogP contribution in [0.2, 0.25) is 0 Å². The molecule has 2 heterocycles. The number of para-hydroxylation sites is 1. The number of ether oxygens (including phenoxy) is 2. The molecule has 1 aromatic heterocycles. The summed E-state index contributed by atoms with van der Waals surface area (Å²) in [5.74, 6) is 0.530. The van der Waals surface area contributed by atoms with Crippen LogP contribution in [-0.2, 0) is 15.9 Å². The normalized spacial score (nSPS) is 16.4. The molecule has 27 heavy (non-hydrogen) atoms. The van der Waals surface area contributed by atoms with Gasteiger partial charge in [-0.25, -0.2) is 14.5 Å². The lowest BCUT2D eigenvalue weighted by atomic mass is 10.1. The third kappa shape index (κ3) is 4.71. The van der Waals surface area contributed by atoms with Gasteiger partial charge in [-0.3, -0.25) is 4.90 Å². The summed E-state index contributed by atoms with van der Waals surface area (Å²) < 4.78 is 12.2. The number of morpholine rings is 1. The number of nitrogens with zero attached hydrogens (tertiary/aromatic N) is 4. The molecule has 8 nitrogen and oxygen atoms in total. The lowest BCUT2D eigenvalue weighted by Crippen LogP contribution is -2.38. The first-order valence-electron chi connectivity index (χ1n) is 9.17. The summed E-state index contributed by atoms with van der Waals surface area (Å²) in [5, 5.41) is 14.2. The third-order valence-corrected chi connectivity index (χ3v) is 4.65. The molecule has 146 valence electrons. The Morgan fingerprint density at radius 1 is 1.33 bits per heavy atom. The number of methoxy groups -OCH3 is 1. The van der Waals surface area contributed by atoms with Crippen LogP contribution in [0, 0.1) is 0 Å². The summed E-state index contributed by atoms with van der Waals surface area (Å²) in [6, 6.07) is 6.88. The number of carbonyl (C=O) groups is 1. The number of hydrogen-bond donors (Lipinski definition) is 1. The van der Waals surface area contributed by atoms with E-state index >= 15 is 0 Å². The molecule has 0 amide bonds. The SMILES string of the molecule is COCCc1nc([C@@H](C)CN2CCOCC2)n(-c2ccccc2C(=O)O)n1. The minimum absolute atomic E-state index is 0.0914. The number of hydrogen-bond acceptors (Lipinski definition) is 6. The van der Waals surface area contributed by atoms with Gasteiger partial charge in [-0.1, -0.05) is 19.1 Å². The molecule has 1 N–H and O–H groups in total. The number of rotatable bonds is 8. The molecule has 2 aromatic rings. The van der Waals surface area contributed by atoms with E-state index in [0.29, 0.717) is 24.5 Å². The summed E-state index contributed by atoms with van der Waals surface area (Å²) in [5.41, 5.74) is 0.741. The average Bonchev–Trinajstić information content (AvgIpc) is 3.11. The van der Waals surface area contributed by atoms with Gasteiger partial charge in [-0.05, 0) is 12.1 Å². The van der Waals surface area contributed by atoms with Gasteiger partial charge < -0.3 is 14.6 Å². The zero-order valence-electron chi connectivity index (χ0n) is 15.8. The van der Waals surface area contributed by atoms with Crippen LogP contribution < -0.4 is 0 Å². The summed E-state index contributed by atoms with van der Waals surface area (Å²) in [6.45, 7) is 6.69. The number of carboxylic acid groups (broad SMARTS) is 1. The van der Waals surface area contributed by atoms with Crippen LogP contribution in [0.3, 0.4) is 0 Å². The van der Waals surface area contributed by atoms with Crippen molar-refractivity contribution in [3.63, 3.8) is 0 Å². The van der Waals surface area contributed by atoms with Crippen LogP contribution in [0.15, 0.2) is 24.3 Å². The fourth-order valence-corrected chi connectivity index (χ4v) is 3.26. The first-order valence-corrected chi connectivity index (χ1v) is 9.17. The Morgan fingerprint density at radius 2 is 2.07 bits per heavy atom. The highest BCUT2D eigenvalue weighted by molar-refractivity contribution is 5.91. The number of benzene rings is 1. The smallest absolute Gasteiger partial charge is 0.337 e. The van der Waals surface area contributed by atoms with Crippen molar-refractivity contribution < 1.29 is 19.4 Å². The van der Waals surface area contributed by atoms with Crippen LogP contribution in [-0.4, -0.2) is 77.3 Å². The highest BCUT2D eigenvalue weighted by atomic mass is 16.5. The molecule has 1 aromatic carbocycles. The quantitative estimate of drug-likeness (QED) is 0.750. The molecule has 1 aliphatic rings. The van der Waals surface area contributed by atoms with Gasteiger partial charge in [0.25, 0.3) is 0 Å². The maximum absolute atomic E-state index is 11.7. The predicted molar refractivity (Wildman–Crippen MR) is 99.6 cm³/mol. The summed E-state index contributed by atoms with van der Waals surface area (Å²) in [7, 11) is 1.64. The van der Waals surface area contributed by atoms with E-state index in [9.17, 15) is 9.90 Å². The zero-order chi connectivity index (χ0) is 19.2. The molecule has 1 aliphatic heterocycles. The van der Waals surface area contributed by atoms with Gasteiger partial charge >= 0.3 is 5.97 Å². The van der Waals surface area contributed by atoms with Crippen molar-refractivity contribution in [2.45, 2.75) is 19.3 Å². The highest BCUT2D eigenvalue weighted by Crippen LogP contribution is 2.22. The molecular weight excluding hydrogens is 348 g/mol. The molecule has 1 fully saturated rings. The van der Waals surface area contributed by atoms with E-state index in [2.05, 4.69) is 16.9 Å². The van der Waals surface area contributed by atoms with E-state index in [1.165, 1.54) is 0 Å². The van der Waals surface area contributed by atoms with Gasteiger partial charge in [0.2, 0.25) is 0 Å². The standard InChI is InChI=1S/C19H26N4O4/c1-14(13-22-8-11-27-12-9-22)18-20-17(7-10-26-2)21-23(18)16-6-4-3-5-15(16)19(24)25/h3-6,14H,7-13H2,1-2H3,(H,24,25)/t14-/m0/s1. The van der Waals surface area contributed by atoms with Crippen molar-refractivity contribution in [1.82, 2.24) is 19.7 Å². The van der Waals surface area contributed by atoms with Gasteiger partial charge in [0.05, 0.1) is 31.1 Å². The molecule has 8 heteroatoms. The Bertz CT molecular complexity index is 771. The lowest BCUT2D eigenvalue weighted by molar-refractivity contribution is 0.0353. The third-order valence-electron chi connectivity index (χ3n) is 4.65. The molecule has 0 radical (unpaired) electrons. The molecule has 0 saturated carbocycles. The molecule has 0 unspecified atom stereocenters. The van der Waals surface area contributed by atoms with E-state index in [0.717, 1.165) is 38.7 Å². The second-order valence-corrected chi connectivity index (χ2v) is 6.68. The van der Waals surface area contributed by atoms with Gasteiger partial charge in [-0.2, -0.15) is 5.10 Å². The van der Waals surface area contributed by atoms with Crippen molar-refractivity contribution >= 4 is 5.97 Å². The molecular formula is C19H26N4O4. The first kappa shape index (κ1) is 19.5. The van der Waals surface area contributed by atoms with Gasteiger partial charge in [-0.15, -0.1) is 0 Å². The fourth-order valence-electron chi connectivity index (χ4n) is 3.26. The Morgan fingerprint density at radius 3 is 2.78 bits per heavy atom. The van der Waals surface area contributed by atoms with E-state index in [4.69, 9.17) is 14.5 Å². The highest BCUT2D eigenvalue weighted by Gasteiger charge is 2.23. The summed E-state index contributed by atoms with van der Waals surface area (Å²) >= 11 is 0. The van der Waals surface area contributed by atoms with Crippen molar-refractivity contribution in [3.05, 3.63) is 41.5 Å². The molecule has 0 aliphatic carbocycles. The molecule has 3 rings (SSSR count). The average molecular weight is 374 g/mol. The minimum Gasteiger partial charge on any atom is -0.478 e. The number of aromatic carboxylic acids is 1. The van der Waals surface area contributed by atoms with Crippen molar-refractivity contribution in [1.29, 1.82) is 0 Å². The predicted octanol–water partition coefficient (Wildman–Crippen LogP) is 1.59. The van der Waals surface area contributed by atoms with E-state index in [1.807, 2.05) is 6.07 Å². The van der Waals surface area contributed by atoms with Crippen LogP contribution in [0.1, 0.15) is 34.8 Å². The molecule has 0 spiro atoms. The monoisotopic (exact) mass is 374 g/mol. The fraction of sp³-hybridized carbons (Fsp3) is 0.526. The second-order valence-electron chi connectivity index (χ2n) is 6.68. The Labute approximate surface area is 158 Å². The van der Waals surface area contributed by atoms with Crippen molar-refractivity contribution in [2.24, 2.45) is 0 Å². The van der Waals surface area contributed by atoms with Gasteiger partial charge in [0.1, 0.15) is 5.82 Å². The largest absolute Gasteiger partial charge is 0.478 e. The Kier molecular flexibility index (Phi) is 6.54. The van der Waals surface area contributed by atoms with Crippen LogP contribution in [0.25, 0.3) is 5.69 Å². The molecule has 0 bridgehead atoms. The van der Waals surface area contributed by atoms with E-state index in [-0.39, 0.29) is 11.5 Å². The van der Waals surface area contributed by atoms with E-state index < -0.39 is 5.97 Å². The minimum atomic E-state index is -0.980. The van der Waals surface area contributed by atoms with Crippen molar-refractivity contribution in [2.75, 3.05) is 46.6 Å². The first-order chi connectivity index (χ1) is 13.1. The second kappa shape index (κ2) is 9.07. The van der Waals surface area contributed by atoms with Crippen LogP contribution in [0.5, 0.6) is 0 Å². The lowest BCUT2D eigenvalue weighted by Gasteiger charge is -2.28. The molecule has 1 saturated heterocycles. The number of aromatic nitrogens is 3.